The van der Waals surface area contributed by atoms with Crippen molar-refractivity contribution in [2.75, 3.05) is 0 Å². The second kappa shape index (κ2) is 8.20. The summed E-state index contributed by atoms with van der Waals surface area (Å²) in [6.07, 6.45) is 7.01. The fraction of sp³-hybridized carbons (Fsp3) is 0.947. The lowest BCUT2D eigenvalue weighted by Crippen LogP contribution is -2.29. The summed E-state index contributed by atoms with van der Waals surface area (Å²) in [5.74, 6) is 4.96. The van der Waals surface area contributed by atoms with Gasteiger partial charge >= 0.3 is 0 Å². The Morgan fingerprint density at radius 3 is 2.25 bits per heavy atom. The first-order valence-corrected chi connectivity index (χ1v) is 8.81. The van der Waals surface area contributed by atoms with Crippen LogP contribution in [-0.4, -0.2) is 5.78 Å². The van der Waals surface area contributed by atoms with Crippen LogP contribution < -0.4 is 0 Å². The van der Waals surface area contributed by atoms with E-state index >= 15 is 0 Å². The molecule has 0 aromatic rings. The quantitative estimate of drug-likeness (QED) is 0.582. The highest BCUT2D eigenvalue weighted by atomic mass is 16.1. The summed E-state index contributed by atoms with van der Waals surface area (Å²) in [6, 6.07) is 0. The lowest BCUT2D eigenvalue weighted by Gasteiger charge is -2.38. The Morgan fingerprint density at radius 2 is 1.70 bits per heavy atom. The summed E-state index contributed by atoms with van der Waals surface area (Å²) in [5, 5.41) is 0. The minimum Gasteiger partial charge on any atom is -0.300 e. The molecule has 0 saturated heterocycles. The minimum absolute atomic E-state index is 0.470. The first-order chi connectivity index (χ1) is 9.29. The Hall–Kier alpha value is -0.330. The van der Waals surface area contributed by atoms with Crippen LogP contribution in [0.1, 0.15) is 80.1 Å². The SMILES string of the molecule is CC(C)CC(=O)CC(C)CC1CC(C)CCC1C(C)C. The van der Waals surface area contributed by atoms with Crippen LogP contribution in [0.2, 0.25) is 0 Å². The van der Waals surface area contributed by atoms with E-state index in [1.165, 1.54) is 25.7 Å². The summed E-state index contributed by atoms with van der Waals surface area (Å²) in [7, 11) is 0. The molecular weight excluding hydrogens is 244 g/mol. The second-order valence-electron chi connectivity index (χ2n) is 8.27. The highest BCUT2D eigenvalue weighted by Crippen LogP contribution is 2.41. The van der Waals surface area contributed by atoms with Gasteiger partial charge in [-0.25, -0.2) is 0 Å². The van der Waals surface area contributed by atoms with Crippen LogP contribution in [-0.2, 0) is 4.79 Å². The van der Waals surface area contributed by atoms with Gasteiger partial charge in [-0.2, -0.15) is 0 Å². The van der Waals surface area contributed by atoms with Gasteiger partial charge < -0.3 is 0 Å². The fourth-order valence-electron chi connectivity index (χ4n) is 4.20. The Morgan fingerprint density at radius 1 is 1.05 bits per heavy atom. The van der Waals surface area contributed by atoms with Crippen LogP contribution in [0.25, 0.3) is 0 Å². The zero-order valence-electron chi connectivity index (χ0n) is 14.6. The molecule has 0 aliphatic heterocycles. The minimum atomic E-state index is 0.470. The monoisotopic (exact) mass is 280 g/mol. The smallest absolute Gasteiger partial charge is 0.133 e. The van der Waals surface area contributed by atoms with Gasteiger partial charge in [-0.3, -0.25) is 4.79 Å². The van der Waals surface area contributed by atoms with E-state index in [1.807, 2.05) is 0 Å². The predicted molar refractivity (Wildman–Crippen MR) is 87.7 cm³/mol. The molecule has 0 radical (unpaired) electrons. The fourth-order valence-corrected chi connectivity index (χ4v) is 4.20. The first-order valence-electron chi connectivity index (χ1n) is 8.81. The lowest BCUT2D eigenvalue weighted by atomic mass is 9.67. The molecular formula is C19H36O. The number of carbonyl (C=O) groups is 1. The Kier molecular flexibility index (Phi) is 7.26. The van der Waals surface area contributed by atoms with Crippen molar-refractivity contribution in [1.82, 2.24) is 0 Å². The standard InChI is InChI=1S/C19H36O/c1-13(2)9-18(20)12-16(6)11-17-10-15(5)7-8-19(17)14(3)4/h13-17,19H,7-12H2,1-6H3. The average Bonchev–Trinajstić information content (AvgIpc) is 2.26. The first kappa shape index (κ1) is 17.7. The van der Waals surface area contributed by atoms with Gasteiger partial charge in [-0.15, -0.1) is 0 Å². The van der Waals surface area contributed by atoms with Crippen molar-refractivity contribution in [3.63, 3.8) is 0 Å². The molecule has 4 atom stereocenters. The molecule has 20 heavy (non-hydrogen) atoms. The van der Waals surface area contributed by atoms with E-state index in [4.69, 9.17) is 0 Å². The Balaban J connectivity index is 2.48. The van der Waals surface area contributed by atoms with Crippen molar-refractivity contribution >= 4 is 5.78 Å². The molecule has 0 aromatic carbocycles. The van der Waals surface area contributed by atoms with E-state index in [1.54, 1.807) is 0 Å². The molecule has 1 saturated carbocycles. The van der Waals surface area contributed by atoms with E-state index in [-0.39, 0.29) is 0 Å². The van der Waals surface area contributed by atoms with Gasteiger partial charge in [-0.1, -0.05) is 48.0 Å². The molecule has 1 rings (SSSR count). The van der Waals surface area contributed by atoms with Crippen molar-refractivity contribution in [1.29, 1.82) is 0 Å². The third kappa shape index (κ3) is 5.97. The average molecular weight is 280 g/mol. The van der Waals surface area contributed by atoms with Gasteiger partial charge in [0, 0.05) is 12.8 Å². The summed E-state index contributed by atoms with van der Waals surface area (Å²) in [4.78, 5) is 12.0. The van der Waals surface area contributed by atoms with Crippen molar-refractivity contribution in [2.24, 2.45) is 35.5 Å². The number of ketones is 1. The van der Waals surface area contributed by atoms with Gasteiger partial charge in [-0.05, 0) is 54.8 Å². The Labute approximate surface area is 126 Å². The van der Waals surface area contributed by atoms with E-state index in [0.717, 1.165) is 36.5 Å². The number of rotatable bonds is 7. The van der Waals surface area contributed by atoms with Crippen molar-refractivity contribution in [3.8, 4) is 0 Å². The maximum absolute atomic E-state index is 12.0. The van der Waals surface area contributed by atoms with E-state index in [0.29, 0.717) is 17.6 Å². The maximum Gasteiger partial charge on any atom is 0.133 e. The van der Waals surface area contributed by atoms with E-state index in [2.05, 4.69) is 41.5 Å². The molecule has 1 fully saturated rings. The molecule has 0 spiro atoms. The highest BCUT2D eigenvalue weighted by Gasteiger charge is 2.31. The van der Waals surface area contributed by atoms with Gasteiger partial charge in [0.2, 0.25) is 0 Å². The summed E-state index contributed by atoms with van der Waals surface area (Å²) in [6.45, 7) is 13.7. The number of carbonyl (C=O) groups excluding carboxylic acids is 1. The molecule has 1 aliphatic carbocycles. The third-order valence-electron chi connectivity index (χ3n) is 5.08. The van der Waals surface area contributed by atoms with Crippen molar-refractivity contribution in [3.05, 3.63) is 0 Å². The van der Waals surface area contributed by atoms with E-state index in [9.17, 15) is 4.79 Å². The number of hydrogen-bond donors (Lipinski definition) is 0. The summed E-state index contributed by atoms with van der Waals surface area (Å²) in [5.41, 5.74) is 0. The van der Waals surface area contributed by atoms with Gasteiger partial charge in [0.05, 0.1) is 0 Å². The largest absolute Gasteiger partial charge is 0.300 e. The van der Waals surface area contributed by atoms with Gasteiger partial charge in [0.15, 0.2) is 0 Å². The predicted octanol–water partition coefficient (Wildman–Crippen LogP) is 5.73. The summed E-state index contributed by atoms with van der Waals surface area (Å²) < 4.78 is 0. The molecule has 1 aliphatic rings. The molecule has 0 bridgehead atoms. The highest BCUT2D eigenvalue weighted by molar-refractivity contribution is 5.78. The van der Waals surface area contributed by atoms with Gasteiger partial charge in [0.25, 0.3) is 0 Å². The van der Waals surface area contributed by atoms with Crippen LogP contribution in [0.5, 0.6) is 0 Å². The van der Waals surface area contributed by atoms with Crippen LogP contribution in [0.3, 0.4) is 0 Å². The molecule has 0 amide bonds. The molecule has 0 N–H and O–H groups in total. The van der Waals surface area contributed by atoms with E-state index < -0.39 is 0 Å². The molecule has 0 aromatic heterocycles. The number of hydrogen-bond acceptors (Lipinski definition) is 1. The Bertz CT molecular complexity index is 292. The molecule has 1 heteroatoms. The second-order valence-corrected chi connectivity index (χ2v) is 8.27. The number of Topliss-reactive ketones (excluding diaryl/α,β-unsaturated/α-hetero) is 1. The van der Waals surface area contributed by atoms with Gasteiger partial charge in [0.1, 0.15) is 5.78 Å². The van der Waals surface area contributed by atoms with Crippen molar-refractivity contribution in [2.45, 2.75) is 80.1 Å². The van der Waals surface area contributed by atoms with Crippen LogP contribution >= 0.6 is 0 Å². The van der Waals surface area contributed by atoms with Crippen LogP contribution in [0, 0.1) is 35.5 Å². The molecule has 4 unspecified atom stereocenters. The van der Waals surface area contributed by atoms with Crippen molar-refractivity contribution < 1.29 is 4.79 Å². The normalized spacial score (nSPS) is 28.9. The van der Waals surface area contributed by atoms with Crippen LogP contribution in [0.15, 0.2) is 0 Å². The third-order valence-corrected chi connectivity index (χ3v) is 5.08. The summed E-state index contributed by atoms with van der Waals surface area (Å²) >= 11 is 0. The molecule has 118 valence electrons. The zero-order valence-corrected chi connectivity index (χ0v) is 14.6. The molecule has 0 heterocycles. The zero-order chi connectivity index (χ0) is 15.3. The topological polar surface area (TPSA) is 17.1 Å². The maximum atomic E-state index is 12.0. The lowest BCUT2D eigenvalue weighted by molar-refractivity contribution is -0.120. The molecule has 1 nitrogen and oxygen atoms in total. The van der Waals surface area contributed by atoms with Crippen LogP contribution in [0.4, 0.5) is 0 Å².